The van der Waals surface area contributed by atoms with E-state index in [1.54, 1.807) is 18.2 Å². The van der Waals surface area contributed by atoms with Gasteiger partial charge in [0.25, 0.3) is 0 Å². The first-order valence-corrected chi connectivity index (χ1v) is 11.9. The maximum atomic E-state index is 12.9. The third-order valence-corrected chi connectivity index (χ3v) is 7.52. The number of amides is 1. The highest BCUT2D eigenvalue weighted by Gasteiger charge is 2.29. The molecule has 1 heterocycles. The van der Waals surface area contributed by atoms with Crippen LogP contribution in [0, 0.1) is 11.8 Å². The van der Waals surface area contributed by atoms with Crippen LogP contribution in [0.5, 0.6) is 0 Å². The van der Waals surface area contributed by atoms with Crippen LogP contribution in [0.25, 0.3) is 10.8 Å². The zero-order valence-corrected chi connectivity index (χ0v) is 17.3. The Balaban J connectivity index is 1.74. The van der Waals surface area contributed by atoms with Gasteiger partial charge in [0, 0.05) is 6.54 Å². The molecule has 1 saturated heterocycles. The molecule has 1 aliphatic rings. The first-order chi connectivity index (χ1) is 12.9. The van der Waals surface area contributed by atoms with Crippen LogP contribution in [0.1, 0.15) is 20.3 Å². The predicted molar refractivity (Wildman–Crippen MR) is 111 cm³/mol. The molecule has 1 fully saturated rings. The number of rotatable bonds is 7. The molecule has 27 heavy (non-hydrogen) atoms. The molecule has 0 spiro atoms. The lowest BCUT2D eigenvalue weighted by molar-refractivity contribution is -0.123. The van der Waals surface area contributed by atoms with Gasteiger partial charge >= 0.3 is 0 Å². The molecular weight excluding hydrogens is 380 g/mol. The number of hydrogen-bond acceptors (Lipinski definition) is 4. The van der Waals surface area contributed by atoms with Crippen LogP contribution in [-0.2, 0) is 14.8 Å². The maximum Gasteiger partial charge on any atom is 0.241 e. The molecule has 0 radical (unpaired) electrons. The standard InChI is InChI=1S/C20H26N2O3S2/c1-14(2)19(20(23)21-12-15-9-10-26-13-15)22-27(24,25)18-8-7-16-5-3-4-6-17(16)11-18/h3-8,11,14-15,19,22H,9-10,12-13H2,1-2H3,(H,21,23)/t15-,19-/m0/s1. The van der Waals surface area contributed by atoms with E-state index >= 15 is 0 Å². The van der Waals surface area contributed by atoms with Crippen molar-refractivity contribution in [2.45, 2.75) is 31.2 Å². The van der Waals surface area contributed by atoms with Crippen molar-refractivity contribution in [2.75, 3.05) is 18.1 Å². The summed E-state index contributed by atoms with van der Waals surface area (Å²) in [6, 6.07) is 11.8. The Morgan fingerprint density at radius 1 is 1.19 bits per heavy atom. The summed E-state index contributed by atoms with van der Waals surface area (Å²) in [7, 11) is -3.79. The molecule has 2 aromatic rings. The highest BCUT2D eigenvalue weighted by molar-refractivity contribution is 7.99. The van der Waals surface area contributed by atoms with Gasteiger partial charge in [0.2, 0.25) is 15.9 Å². The lowest BCUT2D eigenvalue weighted by Crippen LogP contribution is -2.50. The number of nitrogens with one attached hydrogen (secondary N) is 2. The smallest absolute Gasteiger partial charge is 0.241 e. The molecule has 146 valence electrons. The van der Waals surface area contributed by atoms with E-state index in [9.17, 15) is 13.2 Å². The molecular formula is C20H26N2O3S2. The second-order valence-corrected chi connectivity index (χ2v) is 10.2. The van der Waals surface area contributed by atoms with E-state index in [-0.39, 0.29) is 16.7 Å². The first-order valence-electron chi connectivity index (χ1n) is 9.23. The molecule has 2 N–H and O–H groups in total. The molecule has 0 aromatic heterocycles. The summed E-state index contributed by atoms with van der Waals surface area (Å²) in [5, 5.41) is 4.76. The Morgan fingerprint density at radius 2 is 1.93 bits per heavy atom. The number of carbonyl (C=O) groups excluding carboxylic acids is 1. The molecule has 0 aliphatic carbocycles. The van der Waals surface area contributed by atoms with Crippen LogP contribution in [0.2, 0.25) is 0 Å². The van der Waals surface area contributed by atoms with Gasteiger partial charge in [-0.25, -0.2) is 8.42 Å². The zero-order valence-electron chi connectivity index (χ0n) is 15.6. The van der Waals surface area contributed by atoms with E-state index in [0.29, 0.717) is 12.5 Å². The summed E-state index contributed by atoms with van der Waals surface area (Å²) >= 11 is 1.89. The summed E-state index contributed by atoms with van der Waals surface area (Å²) in [6.45, 7) is 4.30. The third kappa shape index (κ3) is 5.03. The Bertz CT molecular complexity index is 906. The second-order valence-electron chi connectivity index (χ2n) is 7.33. The van der Waals surface area contributed by atoms with Gasteiger partial charge in [0.05, 0.1) is 4.90 Å². The molecule has 0 saturated carbocycles. The summed E-state index contributed by atoms with van der Waals surface area (Å²) in [5.41, 5.74) is 0. The average Bonchev–Trinajstić information content (AvgIpc) is 3.17. The molecule has 0 bridgehead atoms. The molecule has 3 rings (SSSR count). The Labute approximate surface area is 165 Å². The van der Waals surface area contributed by atoms with Gasteiger partial charge in [-0.1, -0.05) is 44.2 Å². The van der Waals surface area contributed by atoms with Crippen LogP contribution in [-0.4, -0.2) is 38.4 Å². The van der Waals surface area contributed by atoms with E-state index in [0.717, 1.165) is 28.7 Å². The minimum Gasteiger partial charge on any atom is -0.354 e. The number of hydrogen-bond donors (Lipinski definition) is 2. The number of fused-ring (bicyclic) bond motifs is 1. The van der Waals surface area contributed by atoms with Crippen LogP contribution in [0.15, 0.2) is 47.4 Å². The quantitative estimate of drug-likeness (QED) is 0.741. The minimum atomic E-state index is -3.79. The molecule has 2 aromatic carbocycles. The van der Waals surface area contributed by atoms with Gasteiger partial charge in [-0.2, -0.15) is 16.5 Å². The van der Waals surface area contributed by atoms with Crippen molar-refractivity contribution in [1.29, 1.82) is 0 Å². The fraction of sp³-hybridized carbons (Fsp3) is 0.450. The summed E-state index contributed by atoms with van der Waals surface area (Å²) < 4.78 is 28.3. The Hall–Kier alpha value is -1.57. The molecule has 5 nitrogen and oxygen atoms in total. The van der Waals surface area contributed by atoms with Crippen molar-refractivity contribution in [2.24, 2.45) is 11.8 Å². The average molecular weight is 407 g/mol. The van der Waals surface area contributed by atoms with Crippen molar-refractivity contribution in [3.05, 3.63) is 42.5 Å². The molecule has 0 unspecified atom stereocenters. The van der Waals surface area contributed by atoms with Gasteiger partial charge in [-0.3, -0.25) is 4.79 Å². The van der Waals surface area contributed by atoms with Crippen LogP contribution in [0.3, 0.4) is 0 Å². The lowest BCUT2D eigenvalue weighted by atomic mass is 10.0. The van der Waals surface area contributed by atoms with E-state index in [1.807, 2.05) is 49.9 Å². The monoisotopic (exact) mass is 406 g/mol. The molecule has 1 amide bonds. The van der Waals surface area contributed by atoms with Crippen molar-refractivity contribution in [3.63, 3.8) is 0 Å². The highest BCUT2D eigenvalue weighted by Crippen LogP contribution is 2.23. The zero-order chi connectivity index (χ0) is 19.4. The van der Waals surface area contributed by atoms with Crippen LogP contribution < -0.4 is 10.0 Å². The van der Waals surface area contributed by atoms with Gasteiger partial charge < -0.3 is 5.32 Å². The second kappa shape index (κ2) is 8.63. The fourth-order valence-corrected chi connectivity index (χ4v) is 5.82. The Kier molecular flexibility index (Phi) is 6.44. The third-order valence-electron chi connectivity index (χ3n) is 4.85. The lowest BCUT2D eigenvalue weighted by Gasteiger charge is -2.22. The molecule has 1 aliphatic heterocycles. The SMILES string of the molecule is CC(C)[C@H](NS(=O)(=O)c1ccc2ccccc2c1)C(=O)NC[C@@H]1CCSC1. The first kappa shape index (κ1) is 20.2. The normalized spacial score (nSPS) is 18.7. The van der Waals surface area contributed by atoms with E-state index < -0.39 is 16.1 Å². The van der Waals surface area contributed by atoms with Crippen molar-refractivity contribution < 1.29 is 13.2 Å². The van der Waals surface area contributed by atoms with E-state index in [4.69, 9.17) is 0 Å². The maximum absolute atomic E-state index is 12.9. The van der Waals surface area contributed by atoms with Crippen LogP contribution in [0.4, 0.5) is 0 Å². The number of benzene rings is 2. The van der Waals surface area contributed by atoms with E-state index in [1.165, 1.54) is 0 Å². The van der Waals surface area contributed by atoms with E-state index in [2.05, 4.69) is 10.0 Å². The highest BCUT2D eigenvalue weighted by atomic mass is 32.2. The van der Waals surface area contributed by atoms with Gasteiger partial charge in [0.15, 0.2) is 0 Å². The number of carbonyl (C=O) groups is 1. The number of sulfonamides is 1. The van der Waals surface area contributed by atoms with Gasteiger partial charge in [-0.15, -0.1) is 0 Å². The Morgan fingerprint density at radius 3 is 2.59 bits per heavy atom. The van der Waals surface area contributed by atoms with Crippen molar-refractivity contribution >= 4 is 38.5 Å². The fourth-order valence-electron chi connectivity index (χ4n) is 3.16. The summed E-state index contributed by atoms with van der Waals surface area (Å²) in [5.74, 6) is 2.24. The number of thioether (sulfide) groups is 1. The predicted octanol–water partition coefficient (Wildman–Crippen LogP) is 3.01. The van der Waals surface area contributed by atoms with Gasteiger partial charge in [0.1, 0.15) is 6.04 Å². The van der Waals surface area contributed by atoms with Crippen molar-refractivity contribution in [1.82, 2.24) is 10.0 Å². The van der Waals surface area contributed by atoms with Gasteiger partial charge in [-0.05, 0) is 52.7 Å². The largest absolute Gasteiger partial charge is 0.354 e. The summed E-state index contributed by atoms with van der Waals surface area (Å²) in [4.78, 5) is 12.8. The molecule has 2 atom stereocenters. The van der Waals surface area contributed by atoms with Crippen LogP contribution >= 0.6 is 11.8 Å². The van der Waals surface area contributed by atoms with Crippen molar-refractivity contribution in [3.8, 4) is 0 Å². The summed E-state index contributed by atoms with van der Waals surface area (Å²) in [6.07, 6.45) is 1.10. The topological polar surface area (TPSA) is 75.3 Å². The molecule has 7 heteroatoms. The minimum absolute atomic E-state index is 0.154.